The monoisotopic (exact) mass is 234 g/mol. The van der Waals surface area contributed by atoms with Crippen LogP contribution < -0.4 is 5.73 Å². The Morgan fingerprint density at radius 3 is 2.62 bits per heavy atom. The van der Waals surface area contributed by atoms with Gasteiger partial charge in [0.15, 0.2) is 0 Å². The second-order valence-electron chi connectivity index (χ2n) is 3.79. The number of carbonyl (C=O) groups is 1. The Labute approximate surface area is 99.6 Å². The number of nitrogens with two attached hydrogens (primary N) is 1. The molecule has 0 saturated heterocycles. The van der Waals surface area contributed by atoms with Crippen LogP contribution in [0.1, 0.15) is 12.5 Å². The smallest absolute Gasteiger partial charge is 0.238 e. The van der Waals surface area contributed by atoms with Gasteiger partial charge in [0, 0.05) is 11.5 Å². The number of carbonyl (C=O) groups excluding carboxylic acids is 1. The minimum absolute atomic E-state index is 0.424. The van der Waals surface area contributed by atoms with Crippen molar-refractivity contribution >= 4 is 17.7 Å². The molecule has 0 fully saturated rings. The van der Waals surface area contributed by atoms with Gasteiger partial charge in [-0.1, -0.05) is 30.3 Å². The van der Waals surface area contributed by atoms with Gasteiger partial charge in [-0.15, -0.1) is 0 Å². The molecular weight excluding hydrogens is 220 g/mol. The van der Waals surface area contributed by atoms with Crippen LogP contribution in [0.5, 0.6) is 0 Å². The Morgan fingerprint density at radius 2 is 2.12 bits per heavy atom. The lowest BCUT2D eigenvalue weighted by atomic mass is 9.95. The van der Waals surface area contributed by atoms with Gasteiger partial charge in [-0.25, -0.2) is 0 Å². The number of rotatable bonds is 5. The highest BCUT2D eigenvalue weighted by molar-refractivity contribution is 7.98. The molecule has 0 saturated carbocycles. The van der Waals surface area contributed by atoms with E-state index >= 15 is 0 Å². The van der Waals surface area contributed by atoms with Gasteiger partial charge in [-0.2, -0.15) is 17.0 Å². The largest absolute Gasteiger partial charge is 0.368 e. The van der Waals surface area contributed by atoms with E-state index in [-0.39, 0.29) is 0 Å². The van der Waals surface area contributed by atoms with Gasteiger partial charge in [0.2, 0.25) is 5.91 Å². The second-order valence-corrected chi connectivity index (χ2v) is 4.77. The average molecular weight is 234 g/mol. The third kappa shape index (κ3) is 3.28. The maximum Gasteiger partial charge on any atom is 0.238 e. The third-order valence-corrected chi connectivity index (χ3v) is 3.61. The first-order valence-electron chi connectivity index (χ1n) is 4.91. The zero-order chi connectivity index (χ0) is 12.0. The van der Waals surface area contributed by atoms with Gasteiger partial charge in [-0.05, 0) is 12.5 Å². The van der Waals surface area contributed by atoms with Gasteiger partial charge in [-0.3, -0.25) is 4.79 Å². The van der Waals surface area contributed by atoms with Crippen molar-refractivity contribution in [3.05, 3.63) is 35.9 Å². The zero-order valence-electron chi connectivity index (χ0n) is 9.14. The normalized spacial score (nSPS) is 13.8. The second kappa shape index (κ2) is 5.57. The van der Waals surface area contributed by atoms with Crippen molar-refractivity contribution in [2.45, 2.75) is 12.7 Å². The topological polar surface area (TPSA) is 66.9 Å². The minimum atomic E-state index is -1.07. The van der Waals surface area contributed by atoms with Crippen LogP contribution in [-0.2, 0) is 10.5 Å². The molecule has 0 bridgehead atoms. The standard InChI is InChI=1S/C12H14N2OS/c1-12(8-13,11(14)15)9-16-7-10-5-3-2-4-6-10/h2-6H,7,9H2,1H3,(H2,14,15)/t12-/m0/s1. The predicted octanol–water partition coefficient (Wildman–Crippen LogP) is 1.93. The lowest BCUT2D eigenvalue weighted by molar-refractivity contribution is -0.123. The fourth-order valence-corrected chi connectivity index (χ4v) is 2.25. The SMILES string of the molecule is C[C@](C#N)(CSCc1ccccc1)C(N)=O. The molecule has 1 amide bonds. The summed E-state index contributed by atoms with van der Waals surface area (Å²) < 4.78 is 0. The Kier molecular flexibility index (Phi) is 4.39. The Hall–Kier alpha value is -1.47. The van der Waals surface area contributed by atoms with Crippen LogP contribution in [-0.4, -0.2) is 11.7 Å². The quantitative estimate of drug-likeness (QED) is 0.846. The summed E-state index contributed by atoms with van der Waals surface area (Å²) in [5, 5.41) is 8.89. The number of hydrogen-bond acceptors (Lipinski definition) is 3. The van der Waals surface area contributed by atoms with Crippen LogP contribution in [0.2, 0.25) is 0 Å². The number of nitriles is 1. The predicted molar refractivity (Wildman–Crippen MR) is 65.5 cm³/mol. The molecule has 1 atom stereocenters. The molecule has 0 aromatic heterocycles. The molecule has 1 rings (SSSR count). The number of thioether (sulfide) groups is 1. The summed E-state index contributed by atoms with van der Waals surface area (Å²) in [6, 6.07) is 11.9. The molecule has 0 unspecified atom stereocenters. The van der Waals surface area contributed by atoms with Crippen molar-refractivity contribution < 1.29 is 4.79 Å². The van der Waals surface area contributed by atoms with Gasteiger partial charge < -0.3 is 5.73 Å². The first-order valence-corrected chi connectivity index (χ1v) is 6.07. The van der Waals surface area contributed by atoms with E-state index in [0.29, 0.717) is 5.75 Å². The van der Waals surface area contributed by atoms with Crippen LogP contribution in [0.4, 0.5) is 0 Å². The molecule has 3 nitrogen and oxygen atoms in total. The molecule has 1 aromatic rings. The number of primary amides is 1. The van der Waals surface area contributed by atoms with Crippen LogP contribution >= 0.6 is 11.8 Å². The highest BCUT2D eigenvalue weighted by Gasteiger charge is 2.30. The number of amides is 1. The van der Waals surface area contributed by atoms with Gasteiger partial charge in [0.05, 0.1) is 6.07 Å². The fourth-order valence-electron chi connectivity index (χ4n) is 1.11. The lowest BCUT2D eigenvalue weighted by Gasteiger charge is -2.16. The molecule has 0 aliphatic carbocycles. The summed E-state index contributed by atoms with van der Waals surface area (Å²) in [6.07, 6.45) is 0. The first-order chi connectivity index (χ1) is 7.58. The number of nitrogens with zero attached hydrogens (tertiary/aromatic N) is 1. The van der Waals surface area contributed by atoms with Crippen molar-refractivity contribution in [1.82, 2.24) is 0 Å². The lowest BCUT2D eigenvalue weighted by Crippen LogP contribution is -2.35. The van der Waals surface area contributed by atoms with Crippen molar-refractivity contribution in [3.8, 4) is 6.07 Å². The molecule has 84 valence electrons. The summed E-state index contributed by atoms with van der Waals surface area (Å²) >= 11 is 1.54. The van der Waals surface area contributed by atoms with Crippen LogP contribution in [0.3, 0.4) is 0 Å². The Morgan fingerprint density at radius 1 is 1.50 bits per heavy atom. The average Bonchev–Trinajstić information content (AvgIpc) is 2.30. The molecule has 0 spiro atoms. The molecule has 0 heterocycles. The van der Waals surface area contributed by atoms with Crippen LogP contribution in [0.25, 0.3) is 0 Å². The van der Waals surface area contributed by atoms with E-state index in [9.17, 15) is 4.79 Å². The third-order valence-electron chi connectivity index (χ3n) is 2.29. The van der Waals surface area contributed by atoms with Crippen molar-refractivity contribution in [1.29, 1.82) is 5.26 Å². The minimum Gasteiger partial charge on any atom is -0.368 e. The van der Waals surface area contributed by atoms with E-state index in [0.717, 1.165) is 5.75 Å². The Bertz CT molecular complexity index is 399. The maximum atomic E-state index is 11.1. The van der Waals surface area contributed by atoms with E-state index in [1.54, 1.807) is 18.7 Å². The van der Waals surface area contributed by atoms with Crippen molar-refractivity contribution in [2.75, 3.05) is 5.75 Å². The summed E-state index contributed by atoms with van der Waals surface area (Å²) in [5.41, 5.74) is 5.29. The summed E-state index contributed by atoms with van der Waals surface area (Å²) in [4.78, 5) is 11.1. The van der Waals surface area contributed by atoms with Gasteiger partial charge >= 0.3 is 0 Å². The highest BCUT2D eigenvalue weighted by atomic mass is 32.2. The molecule has 16 heavy (non-hydrogen) atoms. The molecule has 0 aliphatic rings. The summed E-state index contributed by atoms with van der Waals surface area (Å²) in [7, 11) is 0. The van der Waals surface area contributed by atoms with Gasteiger partial charge in [0.1, 0.15) is 5.41 Å². The maximum absolute atomic E-state index is 11.1. The zero-order valence-corrected chi connectivity index (χ0v) is 9.96. The van der Waals surface area contributed by atoms with E-state index in [2.05, 4.69) is 0 Å². The Balaban J connectivity index is 2.47. The molecular formula is C12H14N2OS. The molecule has 2 N–H and O–H groups in total. The molecule has 0 aliphatic heterocycles. The van der Waals surface area contributed by atoms with E-state index in [1.807, 2.05) is 36.4 Å². The van der Waals surface area contributed by atoms with E-state index in [4.69, 9.17) is 11.0 Å². The van der Waals surface area contributed by atoms with Crippen LogP contribution in [0.15, 0.2) is 30.3 Å². The summed E-state index contributed by atoms with van der Waals surface area (Å²) in [5.74, 6) is 0.648. The number of benzene rings is 1. The van der Waals surface area contributed by atoms with E-state index < -0.39 is 11.3 Å². The highest BCUT2D eigenvalue weighted by Crippen LogP contribution is 2.23. The molecule has 0 radical (unpaired) electrons. The molecule has 4 heteroatoms. The van der Waals surface area contributed by atoms with Crippen LogP contribution in [0, 0.1) is 16.7 Å². The first kappa shape index (κ1) is 12.6. The molecule has 1 aromatic carbocycles. The van der Waals surface area contributed by atoms with Gasteiger partial charge in [0.25, 0.3) is 0 Å². The van der Waals surface area contributed by atoms with Crippen molar-refractivity contribution in [2.24, 2.45) is 11.1 Å². The number of hydrogen-bond donors (Lipinski definition) is 1. The van der Waals surface area contributed by atoms with Crippen molar-refractivity contribution in [3.63, 3.8) is 0 Å². The fraction of sp³-hybridized carbons (Fsp3) is 0.333. The summed E-state index contributed by atoms with van der Waals surface area (Å²) in [6.45, 7) is 1.58. The van der Waals surface area contributed by atoms with E-state index in [1.165, 1.54) is 5.56 Å².